The summed E-state index contributed by atoms with van der Waals surface area (Å²) in [5.41, 5.74) is 0.581. The van der Waals surface area contributed by atoms with Crippen molar-refractivity contribution in [1.29, 1.82) is 0 Å². The first kappa shape index (κ1) is 15.3. The molecule has 0 aliphatic heterocycles. The Morgan fingerprint density at radius 3 is 2.82 bits per heavy atom. The summed E-state index contributed by atoms with van der Waals surface area (Å²) in [6.07, 6.45) is 2.86. The van der Waals surface area contributed by atoms with Gasteiger partial charge >= 0.3 is 5.69 Å². The number of hydrogen-bond donors (Lipinski definition) is 2. The maximum Gasteiger partial charge on any atom is 0.344 e. The molecule has 2 aromatic rings. The average molecular weight is 323 g/mol. The highest BCUT2D eigenvalue weighted by Crippen LogP contribution is 2.36. The lowest BCUT2D eigenvalue weighted by Crippen LogP contribution is -2.16. The van der Waals surface area contributed by atoms with Gasteiger partial charge in [-0.1, -0.05) is 23.9 Å². The maximum atomic E-state index is 12.8. The molecule has 1 aliphatic carbocycles. The number of rotatable bonds is 7. The summed E-state index contributed by atoms with van der Waals surface area (Å²) in [7, 11) is 0. The number of aromatic amines is 1. The van der Waals surface area contributed by atoms with Crippen molar-refractivity contribution in [2.75, 3.05) is 5.75 Å². The number of hydrogen-bond acceptors (Lipinski definition) is 4. The van der Waals surface area contributed by atoms with Gasteiger partial charge in [-0.2, -0.15) is 0 Å². The fourth-order valence-electron chi connectivity index (χ4n) is 2.34. The van der Waals surface area contributed by atoms with E-state index in [-0.39, 0.29) is 11.5 Å². The van der Waals surface area contributed by atoms with Gasteiger partial charge in [-0.3, -0.25) is 4.57 Å². The van der Waals surface area contributed by atoms with Gasteiger partial charge in [0.25, 0.3) is 0 Å². The Hall–Kier alpha value is -1.60. The Kier molecular flexibility index (Phi) is 4.63. The molecule has 1 fully saturated rings. The number of benzene rings is 1. The molecule has 1 atom stereocenters. The van der Waals surface area contributed by atoms with Gasteiger partial charge in [-0.15, -0.1) is 5.10 Å². The fourth-order valence-corrected chi connectivity index (χ4v) is 3.31. The predicted molar refractivity (Wildman–Crippen MR) is 82.4 cm³/mol. The number of aliphatic hydroxyl groups excluding tert-OH is 1. The minimum absolute atomic E-state index is 0.142. The molecule has 0 radical (unpaired) electrons. The van der Waals surface area contributed by atoms with Crippen LogP contribution in [0.1, 0.15) is 43.4 Å². The molecule has 0 bridgehead atoms. The monoisotopic (exact) mass is 323 g/mol. The van der Waals surface area contributed by atoms with Gasteiger partial charge in [-0.05, 0) is 43.4 Å². The van der Waals surface area contributed by atoms with Gasteiger partial charge in [0.1, 0.15) is 5.82 Å². The highest BCUT2D eigenvalue weighted by Gasteiger charge is 2.28. The van der Waals surface area contributed by atoms with Crippen LogP contribution in [0.2, 0.25) is 0 Å². The number of aromatic nitrogens is 3. The number of H-pyrrole nitrogens is 1. The summed E-state index contributed by atoms with van der Waals surface area (Å²) in [4.78, 5) is 11.6. The van der Waals surface area contributed by atoms with Crippen LogP contribution >= 0.6 is 11.8 Å². The van der Waals surface area contributed by atoms with E-state index in [0.717, 1.165) is 35.7 Å². The summed E-state index contributed by atoms with van der Waals surface area (Å²) >= 11 is 1.53. The first-order valence-electron chi connectivity index (χ1n) is 7.38. The van der Waals surface area contributed by atoms with E-state index in [2.05, 4.69) is 10.2 Å². The second-order valence-electron chi connectivity index (χ2n) is 5.47. The predicted octanol–water partition coefficient (Wildman–Crippen LogP) is 2.65. The van der Waals surface area contributed by atoms with Gasteiger partial charge in [0, 0.05) is 11.8 Å². The minimum atomic E-state index is -0.592. The first-order chi connectivity index (χ1) is 10.6. The van der Waals surface area contributed by atoms with Crippen LogP contribution in [0, 0.1) is 5.82 Å². The second kappa shape index (κ2) is 6.66. The average Bonchev–Trinajstić information content (AvgIpc) is 3.28. The molecule has 0 amide bonds. The standard InChI is InChI=1S/C15H18FN3O2S/c16-11-5-3-10(4-6-11)13(20)2-1-9-22-15-18-17-14(21)19(15)12-7-8-12/h3-6,12-13,20H,1-2,7-9H2,(H,17,21)/t13-/m0/s1. The van der Waals surface area contributed by atoms with E-state index in [1.165, 1.54) is 23.9 Å². The van der Waals surface area contributed by atoms with Gasteiger partial charge < -0.3 is 5.11 Å². The smallest absolute Gasteiger partial charge is 0.344 e. The summed E-state index contributed by atoms with van der Waals surface area (Å²) in [5.74, 6) is 0.470. The van der Waals surface area contributed by atoms with Crippen molar-refractivity contribution in [2.24, 2.45) is 0 Å². The highest BCUT2D eigenvalue weighted by molar-refractivity contribution is 7.99. The zero-order valence-corrected chi connectivity index (χ0v) is 12.9. The van der Waals surface area contributed by atoms with Crippen LogP contribution in [0.4, 0.5) is 4.39 Å². The minimum Gasteiger partial charge on any atom is -0.388 e. The van der Waals surface area contributed by atoms with Crippen LogP contribution in [-0.2, 0) is 0 Å². The fraction of sp³-hybridized carbons (Fsp3) is 0.467. The highest BCUT2D eigenvalue weighted by atomic mass is 32.2. The van der Waals surface area contributed by atoms with E-state index in [1.54, 1.807) is 16.7 Å². The summed E-state index contributed by atoms with van der Waals surface area (Å²) in [5, 5.41) is 17.3. The molecule has 0 spiro atoms. The molecule has 1 aromatic carbocycles. The molecule has 1 saturated carbocycles. The van der Waals surface area contributed by atoms with E-state index in [9.17, 15) is 14.3 Å². The quantitative estimate of drug-likeness (QED) is 0.607. The number of nitrogens with zero attached hydrogens (tertiary/aromatic N) is 2. The molecular formula is C15H18FN3O2S. The molecule has 7 heteroatoms. The molecule has 118 valence electrons. The molecule has 3 rings (SSSR count). The lowest BCUT2D eigenvalue weighted by molar-refractivity contribution is 0.167. The molecule has 0 saturated heterocycles. The van der Waals surface area contributed by atoms with E-state index in [1.807, 2.05) is 0 Å². The third-order valence-corrected chi connectivity index (χ3v) is 4.73. The van der Waals surface area contributed by atoms with Crippen molar-refractivity contribution >= 4 is 11.8 Å². The Bertz CT molecular complexity index is 679. The van der Waals surface area contributed by atoms with Crippen molar-refractivity contribution < 1.29 is 9.50 Å². The SMILES string of the molecule is O=c1[nH]nc(SCCC[C@H](O)c2ccc(F)cc2)n1C1CC1. The van der Waals surface area contributed by atoms with Crippen LogP contribution < -0.4 is 5.69 Å². The van der Waals surface area contributed by atoms with Crippen LogP contribution in [0.3, 0.4) is 0 Å². The molecule has 22 heavy (non-hydrogen) atoms. The normalized spacial score (nSPS) is 15.9. The first-order valence-corrected chi connectivity index (χ1v) is 8.37. The van der Waals surface area contributed by atoms with Gasteiger partial charge in [0.15, 0.2) is 5.16 Å². The zero-order chi connectivity index (χ0) is 15.5. The van der Waals surface area contributed by atoms with Crippen LogP contribution in [0.15, 0.2) is 34.2 Å². The Balaban J connectivity index is 1.47. The topological polar surface area (TPSA) is 70.9 Å². The molecule has 0 unspecified atom stereocenters. The van der Waals surface area contributed by atoms with Crippen molar-refractivity contribution in [1.82, 2.24) is 14.8 Å². The van der Waals surface area contributed by atoms with Gasteiger partial charge in [0.2, 0.25) is 0 Å². The van der Waals surface area contributed by atoms with Gasteiger partial charge in [0.05, 0.1) is 6.10 Å². The molecule has 2 N–H and O–H groups in total. The number of halogens is 1. The Morgan fingerprint density at radius 2 is 2.14 bits per heavy atom. The Labute approximate surface area is 131 Å². The van der Waals surface area contributed by atoms with Crippen LogP contribution in [-0.4, -0.2) is 25.6 Å². The second-order valence-corrected chi connectivity index (χ2v) is 6.53. The number of thioether (sulfide) groups is 1. The van der Waals surface area contributed by atoms with Crippen molar-refractivity contribution in [2.45, 2.75) is 43.0 Å². The van der Waals surface area contributed by atoms with Gasteiger partial charge in [-0.25, -0.2) is 14.3 Å². The third-order valence-electron chi connectivity index (χ3n) is 3.69. The molecule has 5 nitrogen and oxygen atoms in total. The Morgan fingerprint density at radius 1 is 1.41 bits per heavy atom. The lowest BCUT2D eigenvalue weighted by Gasteiger charge is -2.10. The summed E-state index contributed by atoms with van der Waals surface area (Å²) < 4.78 is 14.6. The lowest BCUT2D eigenvalue weighted by atomic mass is 10.1. The van der Waals surface area contributed by atoms with E-state index in [0.29, 0.717) is 12.5 Å². The molecular weight excluding hydrogens is 305 g/mol. The van der Waals surface area contributed by atoms with E-state index >= 15 is 0 Å². The van der Waals surface area contributed by atoms with Crippen molar-refractivity contribution in [3.63, 3.8) is 0 Å². The maximum absolute atomic E-state index is 12.8. The van der Waals surface area contributed by atoms with Crippen LogP contribution in [0.5, 0.6) is 0 Å². The molecule has 1 heterocycles. The number of nitrogens with one attached hydrogen (secondary N) is 1. The van der Waals surface area contributed by atoms with Crippen molar-refractivity contribution in [3.05, 3.63) is 46.1 Å². The zero-order valence-electron chi connectivity index (χ0n) is 12.0. The van der Waals surface area contributed by atoms with E-state index in [4.69, 9.17) is 0 Å². The van der Waals surface area contributed by atoms with Crippen molar-refractivity contribution in [3.8, 4) is 0 Å². The summed E-state index contributed by atoms with van der Waals surface area (Å²) in [6, 6.07) is 6.21. The number of aliphatic hydroxyl groups is 1. The van der Waals surface area contributed by atoms with Crippen LogP contribution in [0.25, 0.3) is 0 Å². The van der Waals surface area contributed by atoms with E-state index < -0.39 is 6.10 Å². The molecule has 1 aromatic heterocycles. The third kappa shape index (κ3) is 3.59. The largest absolute Gasteiger partial charge is 0.388 e. The summed E-state index contributed by atoms with van der Waals surface area (Å²) in [6.45, 7) is 0. The molecule has 1 aliphatic rings.